The van der Waals surface area contributed by atoms with Gasteiger partial charge in [0.2, 0.25) is 17.3 Å². The Morgan fingerprint density at radius 3 is 1.06 bits per heavy atom. The van der Waals surface area contributed by atoms with E-state index in [2.05, 4.69) is 294 Å². The van der Waals surface area contributed by atoms with Gasteiger partial charge in [0.05, 0.1) is 66.2 Å². The van der Waals surface area contributed by atoms with Crippen molar-refractivity contribution in [1.29, 1.82) is 0 Å². The van der Waals surface area contributed by atoms with Gasteiger partial charge in [0, 0.05) is 5.69 Å². The van der Waals surface area contributed by atoms with E-state index >= 15 is 0 Å². The van der Waals surface area contributed by atoms with Crippen LogP contribution in [0.15, 0.2) is 267 Å². The summed E-state index contributed by atoms with van der Waals surface area (Å²) in [6.07, 6.45) is 0. The Morgan fingerprint density at radius 2 is 0.595 bits per heavy atom. The van der Waals surface area contributed by atoms with Crippen LogP contribution in [0.5, 0.6) is 0 Å². The molecule has 10 aromatic carbocycles. The van der Waals surface area contributed by atoms with Crippen molar-refractivity contribution in [3.05, 3.63) is 267 Å². The number of rotatable bonds is 8. The lowest BCUT2D eigenvalue weighted by Gasteiger charge is -2.35. The van der Waals surface area contributed by atoms with E-state index < -0.39 is 8.07 Å². The molecule has 0 atom stereocenters. The molecule has 0 spiro atoms. The quantitative estimate of drug-likeness (QED) is 0.112. The summed E-state index contributed by atoms with van der Waals surface area (Å²) in [6.45, 7) is 0. The van der Waals surface area contributed by atoms with Gasteiger partial charge in [0.1, 0.15) is 11.6 Å². The van der Waals surface area contributed by atoms with Crippen LogP contribution in [0.3, 0.4) is 0 Å². The van der Waals surface area contributed by atoms with E-state index in [4.69, 9.17) is 19.9 Å². The molecule has 7 heterocycles. The number of pyridine rings is 1. The summed E-state index contributed by atoms with van der Waals surface area (Å²) in [4.78, 5) is 21.7. The highest BCUT2D eigenvalue weighted by Crippen LogP contribution is 2.35. The van der Waals surface area contributed by atoms with Gasteiger partial charge in [-0.2, -0.15) is 0 Å². The van der Waals surface area contributed by atoms with Gasteiger partial charge in [-0.05, 0) is 129 Å². The predicted molar refractivity (Wildman–Crippen MR) is 323 cm³/mol. The van der Waals surface area contributed by atoms with Crippen molar-refractivity contribution < 1.29 is 0 Å². The van der Waals surface area contributed by atoms with Crippen molar-refractivity contribution in [2.45, 2.75) is 0 Å². The summed E-state index contributed by atoms with van der Waals surface area (Å²) in [5, 5.41) is 5.06. The molecule has 17 rings (SSSR count). The van der Waals surface area contributed by atoms with Crippen LogP contribution >= 0.6 is 0 Å². The first-order chi connectivity index (χ1) is 39.2. The molecule has 0 bridgehead atoms. The number of benzene rings is 10. The fourth-order valence-electron chi connectivity index (χ4n) is 12.8. The zero-order valence-electron chi connectivity index (χ0n) is 42.4. The number of imidazole rings is 6. The predicted octanol–water partition coefficient (Wildman–Crippen LogP) is 12.4. The molecule has 0 saturated heterocycles. The number of aromatic nitrogens is 10. The highest BCUT2D eigenvalue weighted by molar-refractivity contribution is 7.20. The van der Waals surface area contributed by atoms with Crippen molar-refractivity contribution in [3.63, 3.8) is 0 Å². The highest BCUT2D eigenvalue weighted by Gasteiger charge is 2.42. The standard InChI is InChI=1S/C68H44N10Si/c1-3-23-48(24-4-1)79(49-25-5-2-6-26-49,51-28-20-22-47(44-51)73-58-35-13-14-36-59(58)74-55-32-10-7-29-52(55)69-66(73)74)50-27-19-21-45(41-50)46-42-64(77-62-39-17-15-37-60(62)75-56-33-11-8-30-53(56)70-67(75)77)72-65(43-46)78-63-40-18-16-38-61(63)76-57-34-12-9-31-54(57)71-68(76)78/h1-44H. The fourth-order valence-corrected chi connectivity index (χ4v) is 17.7. The van der Waals surface area contributed by atoms with Gasteiger partial charge in [-0.3, -0.25) is 26.9 Å². The van der Waals surface area contributed by atoms with Crippen LogP contribution in [-0.4, -0.2) is 54.9 Å². The monoisotopic (exact) mass is 1030 g/mol. The molecule has 0 N–H and O–H groups in total. The van der Waals surface area contributed by atoms with E-state index in [9.17, 15) is 0 Å². The summed E-state index contributed by atoms with van der Waals surface area (Å²) in [6, 6.07) is 96.2. The molecule has 11 heteroatoms. The molecule has 0 aliphatic carbocycles. The van der Waals surface area contributed by atoms with E-state index in [1.807, 2.05) is 0 Å². The molecule has 0 radical (unpaired) electrons. The third kappa shape index (κ3) is 6.21. The smallest absolute Gasteiger partial charge is 0.221 e. The summed E-state index contributed by atoms with van der Waals surface area (Å²) in [5.74, 6) is 3.94. The van der Waals surface area contributed by atoms with E-state index in [-0.39, 0.29) is 0 Å². The van der Waals surface area contributed by atoms with Crippen LogP contribution in [0, 0.1) is 0 Å². The molecule has 0 aliphatic heterocycles. The number of para-hydroxylation sites is 12. The van der Waals surface area contributed by atoms with Gasteiger partial charge >= 0.3 is 0 Å². The second-order valence-corrected chi connectivity index (χ2v) is 24.2. The van der Waals surface area contributed by atoms with Crippen molar-refractivity contribution >= 4 is 112 Å². The molecule has 0 amide bonds. The molecule has 10 nitrogen and oxygen atoms in total. The molecule has 7 aromatic heterocycles. The van der Waals surface area contributed by atoms with Crippen LogP contribution in [0.4, 0.5) is 0 Å². The zero-order chi connectivity index (χ0) is 51.8. The first kappa shape index (κ1) is 43.6. The third-order valence-electron chi connectivity index (χ3n) is 16.2. The number of nitrogens with zero attached hydrogens (tertiary/aromatic N) is 10. The number of hydrogen-bond acceptors (Lipinski definition) is 4. The topological polar surface area (TPSA) is 79.6 Å². The maximum absolute atomic E-state index is 5.71. The minimum absolute atomic E-state index is 0.741. The number of hydrogen-bond donors (Lipinski definition) is 0. The average Bonchev–Trinajstić information content (AvgIpc) is 4.41. The molecule has 17 aromatic rings. The Labute approximate surface area is 452 Å². The van der Waals surface area contributed by atoms with Crippen molar-refractivity contribution in [1.82, 2.24) is 46.8 Å². The first-order valence-electron chi connectivity index (χ1n) is 26.6. The molecule has 0 aliphatic rings. The van der Waals surface area contributed by atoms with Gasteiger partial charge in [0.15, 0.2) is 8.07 Å². The Morgan fingerprint density at radius 1 is 0.241 bits per heavy atom. The largest absolute Gasteiger partial charge is 0.278 e. The van der Waals surface area contributed by atoms with Crippen LogP contribution in [0.1, 0.15) is 0 Å². The second-order valence-electron chi connectivity index (χ2n) is 20.4. The molecular formula is C68H44N10Si. The Hall–Kier alpha value is -10.6. The molecule has 0 unspecified atom stereocenters. The van der Waals surface area contributed by atoms with Gasteiger partial charge in [-0.1, -0.05) is 170 Å². The van der Waals surface area contributed by atoms with Crippen LogP contribution in [-0.2, 0) is 0 Å². The van der Waals surface area contributed by atoms with Gasteiger partial charge in [-0.25, -0.2) is 19.9 Å². The molecular weight excluding hydrogens is 985 g/mol. The molecule has 370 valence electrons. The lowest BCUT2D eigenvalue weighted by molar-refractivity contribution is 0.983. The van der Waals surface area contributed by atoms with Crippen molar-refractivity contribution in [2.75, 3.05) is 0 Å². The maximum atomic E-state index is 5.71. The minimum atomic E-state index is -3.18. The Kier molecular flexibility index (Phi) is 9.21. The second kappa shape index (κ2) is 16.7. The van der Waals surface area contributed by atoms with Gasteiger partial charge in [0.25, 0.3) is 0 Å². The highest BCUT2D eigenvalue weighted by atomic mass is 28.3. The first-order valence-corrected chi connectivity index (χ1v) is 28.6. The van der Waals surface area contributed by atoms with Gasteiger partial charge in [-0.15, -0.1) is 0 Å². The van der Waals surface area contributed by atoms with Crippen LogP contribution < -0.4 is 20.7 Å². The summed E-state index contributed by atoms with van der Waals surface area (Å²) in [5.41, 5.74) is 15.4. The van der Waals surface area contributed by atoms with E-state index in [0.29, 0.717) is 0 Å². The van der Waals surface area contributed by atoms with Crippen molar-refractivity contribution in [3.8, 4) is 28.5 Å². The van der Waals surface area contributed by atoms with Crippen LogP contribution in [0.2, 0.25) is 0 Å². The SMILES string of the molecule is c1ccc([Si](c2ccccc2)(c2cccc(-c3cc(-n4c5ccccc5n5c6ccccc6nc45)nc(-n4c5ccccc5n5c6ccccc6nc45)c3)c2)c2cccc(-n3c4ccccc4n4c5ccccc5nc34)c2)cc1. The third-order valence-corrected chi connectivity index (χ3v) is 20.9. The Bertz CT molecular complexity index is 5080. The normalized spacial score (nSPS) is 12.3. The lowest BCUT2D eigenvalue weighted by atomic mass is 10.1. The van der Waals surface area contributed by atoms with E-state index in [1.54, 1.807) is 0 Å². The summed E-state index contributed by atoms with van der Waals surface area (Å²) in [7, 11) is -3.18. The molecule has 0 saturated carbocycles. The van der Waals surface area contributed by atoms with E-state index in [0.717, 1.165) is 112 Å². The average molecular weight is 1030 g/mol. The summed E-state index contributed by atoms with van der Waals surface area (Å²) >= 11 is 0. The minimum Gasteiger partial charge on any atom is -0.278 e. The van der Waals surface area contributed by atoms with Crippen molar-refractivity contribution in [2.24, 2.45) is 0 Å². The molecule has 79 heavy (non-hydrogen) atoms. The lowest BCUT2D eigenvalue weighted by Crippen LogP contribution is -2.74. The Balaban J connectivity index is 0.943. The fraction of sp³-hybridized carbons (Fsp3) is 0. The van der Waals surface area contributed by atoms with E-state index in [1.165, 1.54) is 20.7 Å². The van der Waals surface area contributed by atoms with Crippen LogP contribution in [0.25, 0.3) is 112 Å². The van der Waals surface area contributed by atoms with Gasteiger partial charge < -0.3 is 0 Å². The summed E-state index contributed by atoms with van der Waals surface area (Å²) < 4.78 is 13.6. The molecule has 0 fully saturated rings. The zero-order valence-corrected chi connectivity index (χ0v) is 43.4. The number of fused-ring (bicyclic) bond motifs is 15. The maximum Gasteiger partial charge on any atom is 0.221 e.